The van der Waals surface area contributed by atoms with Gasteiger partial charge < -0.3 is 15.2 Å². The van der Waals surface area contributed by atoms with E-state index in [4.69, 9.17) is 4.74 Å². The number of aliphatic hydroxyl groups is 1. The summed E-state index contributed by atoms with van der Waals surface area (Å²) in [6, 6.07) is 16.7. The Kier molecular flexibility index (Phi) is 4.83. The topological polar surface area (TPSA) is 58.6 Å². The SMILES string of the molecule is O=C(NCC1CCCC2(CCC2)C1O)OCC1c2ccccc2-c2ccccc21. The summed E-state index contributed by atoms with van der Waals surface area (Å²) in [5.41, 5.74) is 5.03. The minimum absolute atomic E-state index is 0.0756. The maximum Gasteiger partial charge on any atom is 0.407 e. The smallest absolute Gasteiger partial charge is 0.407 e. The molecule has 2 aromatic rings. The van der Waals surface area contributed by atoms with Crippen molar-refractivity contribution in [1.82, 2.24) is 5.32 Å². The first-order chi connectivity index (χ1) is 14.2. The van der Waals surface area contributed by atoms with Crippen molar-refractivity contribution in [3.63, 3.8) is 0 Å². The lowest BCUT2D eigenvalue weighted by Gasteiger charge is -2.51. The number of carbonyl (C=O) groups is 1. The van der Waals surface area contributed by atoms with Crippen LogP contribution in [0.25, 0.3) is 11.1 Å². The standard InChI is InChI=1S/C25H29NO3/c27-23-17(7-5-12-25(23)13-6-14-25)15-26-24(28)29-16-22-20-10-3-1-8-18(20)19-9-2-4-11-21(19)22/h1-4,8-11,17,22-23,27H,5-7,12-16H2,(H,26,28). The van der Waals surface area contributed by atoms with Crippen molar-refractivity contribution < 1.29 is 14.6 Å². The molecule has 0 saturated heterocycles. The summed E-state index contributed by atoms with van der Waals surface area (Å²) in [6.45, 7) is 0.830. The minimum Gasteiger partial charge on any atom is -0.449 e. The first-order valence-electron chi connectivity index (χ1n) is 10.9. The molecule has 29 heavy (non-hydrogen) atoms. The third kappa shape index (κ3) is 3.24. The molecule has 2 unspecified atom stereocenters. The zero-order valence-electron chi connectivity index (χ0n) is 16.8. The van der Waals surface area contributed by atoms with Crippen molar-refractivity contribution in [3.05, 3.63) is 59.7 Å². The highest BCUT2D eigenvalue weighted by Gasteiger charge is 2.48. The van der Waals surface area contributed by atoms with Gasteiger partial charge in [-0.05, 0) is 53.4 Å². The monoisotopic (exact) mass is 391 g/mol. The Balaban J connectivity index is 1.19. The van der Waals surface area contributed by atoms with Gasteiger partial charge in [0.25, 0.3) is 0 Å². The summed E-state index contributed by atoms with van der Waals surface area (Å²) in [5, 5.41) is 13.7. The Morgan fingerprint density at radius 2 is 1.62 bits per heavy atom. The van der Waals surface area contributed by atoms with Gasteiger partial charge in [-0.25, -0.2) is 4.79 Å². The molecule has 2 atom stereocenters. The summed E-state index contributed by atoms with van der Waals surface area (Å²) in [5.74, 6) is 0.219. The third-order valence-corrected chi connectivity index (χ3v) is 7.53. The highest BCUT2D eigenvalue weighted by molar-refractivity contribution is 5.79. The highest BCUT2D eigenvalue weighted by Crippen LogP contribution is 2.53. The van der Waals surface area contributed by atoms with Crippen LogP contribution in [0.5, 0.6) is 0 Å². The lowest BCUT2D eigenvalue weighted by atomic mass is 9.56. The molecule has 2 aromatic carbocycles. The lowest BCUT2D eigenvalue weighted by Crippen LogP contribution is -2.51. The summed E-state index contributed by atoms with van der Waals surface area (Å²) >= 11 is 0. The number of amides is 1. The fourth-order valence-corrected chi connectivity index (χ4v) is 5.78. The maximum atomic E-state index is 12.4. The molecule has 1 amide bonds. The Morgan fingerprint density at radius 1 is 1.00 bits per heavy atom. The molecule has 3 aliphatic carbocycles. The highest BCUT2D eigenvalue weighted by atomic mass is 16.5. The van der Waals surface area contributed by atoms with Crippen LogP contribution >= 0.6 is 0 Å². The van der Waals surface area contributed by atoms with Gasteiger partial charge in [0.05, 0.1) is 6.10 Å². The Bertz CT molecular complexity index is 859. The van der Waals surface area contributed by atoms with Crippen LogP contribution in [0.4, 0.5) is 4.79 Å². The van der Waals surface area contributed by atoms with Gasteiger partial charge in [-0.3, -0.25) is 0 Å². The van der Waals surface area contributed by atoms with Crippen molar-refractivity contribution in [2.45, 2.75) is 50.5 Å². The van der Waals surface area contributed by atoms with Gasteiger partial charge in [0.2, 0.25) is 0 Å². The van der Waals surface area contributed by atoms with Crippen molar-refractivity contribution in [2.75, 3.05) is 13.2 Å². The minimum atomic E-state index is -0.382. The van der Waals surface area contributed by atoms with Gasteiger partial charge in [-0.1, -0.05) is 61.4 Å². The van der Waals surface area contributed by atoms with Crippen LogP contribution in [0.2, 0.25) is 0 Å². The number of rotatable bonds is 4. The second-order valence-electron chi connectivity index (χ2n) is 9.02. The zero-order valence-corrected chi connectivity index (χ0v) is 16.8. The van der Waals surface area contributed by atoms with E-state index in [1.807, 2.05) is 12.1 Å². The molecule has 2 saturated carbocycles. The van der Waals surface area contributed by atoms with Crippen LogP contribution < -0.4 is 5.32 Å². The van der Waals surface area contributed by atoms with Gasteiger partial charge in [-0.15, -0.1) is 0 Å². The van der Waals surface area contributed by atoms with E-state index in [-0.39, 0.29) is 29.4 Å². The molecule has 152 valence electrons. The predicted octanol–water partition coefficient (Wildman–Crippen LogP) is 4.86. The van der Waals surface area contributed by atoms with Gasteiger partial charge in [0, 0.05) is 18.4 Å². The van der Waals surface area contributed by atoms with E-state index < -0.39 is 0 Å². The predicted molar refractivity (Wildman–Crippen MR) is 113 cm³/mol. The Hall–Kier alpha value is -2.33. The molecular weight excluding hydrogens is 362 g/mol. The van der Waals surface area contributed by atoms with E-state index in [0.717, 1.165) is 32.1 Å². The van der Waals surface area contributed by atoms with Crippen LogP contribution in [0, 0.1) is 11.3 Å². The number of alkyl carbamates (subject to hydrolysis) is 1. The molecule has 0 aliphatic heterocycles. The summed E-state index contributed by atoms with van der Waals surface area (Å²) in [4.78, 5) is 12.4. The van der Waals surface area contributed by atoms with Crippen molar-refractivity contribution in [1.29, 1.82) is 0 Å². The number of benzene rings is 2. The zero-order chi connectivity index (χ0) is 19.8. The Morgan fingerprint density at radius 3 is 2.24 bits per heavy atom. The first kappa shape index (κ1) is 18.7. The molecule has 2 fully saturated rings. The number of carbonyl (C=O) groups excluding carboxylic acids is 1. The van der Waals surface area contributed by atoms with Crippen LogP contribution in [0.1, 0.15) is 55.6 Å². The summed E-state index contributed by atoms with van der Waals surface area (Å²) < 4.78 is 5.63. The molecule has 4 nitrogen and oxygen atoms in total. The molecule has 5 rings (SSSR count). The molecule has 2 N–H and O–H groups in total. The van der Waals surface area contributed by atoms with E-state index in [1.54, 1.807) is 0 Å². The van der Waals surface area contributed by atoms with Gasteiger partial charge in [-0.2, -0.15) is 0 Å². The Labute approximate surface area is 172 Å². The van der Waals surface area contributed by atoms with Crippen LogP contribution in [-0.4, -0.2) is 30.5 Å². The number of fused-ring (bicyclic) bond motifs is 3. The number of aliphatic hydroxyl groups excluding tert-OH is 1. The quantitative estimate of drug-likeness (QED) is 0.783. The van der Waals surface area contributed by atoms with Crippen molar-refractivity contribution >= 4 is 6.09 Å². The number of nitrogens with one attached hydrogen (secondary N) is 1. The van der Waals surface area contributed by atoms with Crippen LogP contribution in [0.3, 0.4) is 0 Å². The van der Waals surface area contributed by atoms with E-state index in [0.29, 0.717) is 13.2 Å². The van der Waals surface area contributed by atoms with E-state index in [2.05, 4.69) is 41.7 Å². The second kappa shape index (κ2) is 7.49. The summed E-state index contributed by atoms with van der Waals surface area (Å²) in [6.07, 6.45) is 6.08. The molecule has 1 spiro atoms. The molecule has 0 heterocycles. The first-order valence-corrected chi connectivity index (χ1v) is 10.9. The molecule has 3 aliphatic rings. The fourth-order valence-electron chi connectivity index (χ4n) is 5.78. The number of hydrogen-bond donors (Lipinski definition) is 2. The fraction of sp³-hybridized carbons (Fsp3) is 0.480. The normalized spacial score (nSPS) is 24.4. The third-order valence-electron chi connectivity index (χ3n) is 7.53. The molecule has 0 aromatic heterocycles. The van der Waals surface area contributed by atoms with E-state index >= 15 is 0 Å². The number of ether oxygens (including phenoxy) is 1. The number of hydrogen-bond acceptors (Lipinski definition) is 3. The van der Waals surface area contributed by atoms with E-state index in [1.165, 1.54) is 28.7 Å². The average molecular weight is 392 g/mol. The van der Waals surface area contributed by atoms with E-state index in [9.17, 15) is 9.90 Å². The summed E-state index contributed by atoms with van der Waals surface area (Å²) in [7, 11) is 0. The van der Waals surface area contributed by atoms with Crippen LogP contribution in [0.15, 0.2) is 48.5 Å². The molecular formula is C25H29NO3. The lowest BCUT2D eigenvalue weighted by molar-refractivity contribution is -0.0971. The maximum absolute atomic E-state index is 12.4. The van der Waals surface area contributed by atoms with Crippen molar-refractivity contribution in [3.8, 4) is 11.1 Å². The van der Waals surface area contributed by atoms with Gasteiger partial charge in [0.1, 0.15) is 6.61 Å². The van der Waals surface area contributed by atoms with Crippen LogP contribution in [-0.2, 0) is 4.74 Å². The molecule has 0 radical (unpaired) electrons. The average Bonchev–Trinajstić information content (AvgIpc) is 3.04. The second-order valence-corrected chi connectivity index (χ2v) is 9.02. The van der Waals surface area contributed by atoms with Gasteiger partial charge in [0.15, 0.2) is 0 Å². The molecule has 4 heteroatoms. The van der Waals surface area contributed by atoms with Gasteiger partial charge >= 0.3 is 6.09 Å². The molecule has 0 bridgehead atoms. The largest absolute Gasteiger partial charge is 0.449 e. The van der Waals surface area contributed by atoms with Crippen molar-refractivity contribution in [2.24, 2.45) is 11.3 Å².